The average Bonchev–Trinajstić information content (AvgIpc) is 2.50. The highest BCUT2D eigenvalue weighted by Gasteiger charge is 2.25. The van der Waals surface area contributed by atoms with Gasteiger partial charge >= 0.3 is 0 Å². The molecule has 0 bridgehead atoms. The van der Waals surface area contributed by atoms with E-state index in [9.17, 15) is 0 Å². The highest BCUT2D eigenvalue weighted by molar-refractivity contribution is 6.30. The van der Waals surface area contributed by atoms with E-state index in [1.165, 1.54) is 11.3 Å². The number of piperidine rings is 1. The molecular formula is C18H21ClN2. The Kier molecular flexibility index (Phi) is 4.47. The van der Waals surface area contributed by atoms with Crippen molar-refractivity contribution in [1.82, 2.24) is 0 Å². The summed E-state index contributed by atoms with van der Waals surface area (Å²) in [5.41, 5.74) is 8.88. The number of anilines is 1. The molecule has 2 aromatic rings. The van der Waals surface area contributed by atoms with Gasteiger partial charge in [-0.2, -0.15) is 0 Å². The van der Waals surface area contributed by atoms with Gasteiger partial charge in [0, 0.05) is 29.8 Å². The number of nitrogens with zero attached hydrogens (tertiary/aromatic N) is 1. The molecule has 0 radical (unpaired) electrons. The fourth-order valence-corrected chi connectivity index (χ4v) is 3.32. The minimum Gasteiger partial charge on any atom is -0.370 e. The van der Waals surface area contributed by atoms with Gasteiger partial charge < -0.3 is 10.6 Å². The minimum absolute atomic E-state index is 0.247. The van der Waals surface area contributed by atoms with E-state index in [4.69, 9.17) is 17.3 Å². The first kappa shape index (κ1) is 14.4. The second kappa shape index (κ2) is 6.50. The third-order valence-electron chi connectivity index (χ3n) is 4.13. The van der Waals surface area contributed by atoms with Crippen molar-refractivity contribution in [3.05, 3.63) is 65.2 Å². The SMILES string of the molecule is NC1CC(Cc2ccc(Cl)cc2)CN(c2ccccc2)C1. The zero-order valence-electron chi connectivity index (χ0n) is 12.1. The van der Waals surface area contributed by atoms with Crippen molar-refractivity contribution in [3.8, 4) is 0 Å². The molecule has 0 aromatic heterocycles. The molecule has 2 unspecified atom stereocenters. The summed E-state index contributed by atoms with van der Waals surface area (Å²) in [5, 5.41) is 0.796. The molecular weight excluding hydrogens is 280 g/mol. The van der Waals surface area contributed by atoms with Gasteiger partial charge in [0.2, 0.25) is 0 Å². The summed E-state index contributed by atoms with van der Waals surface area (Å²) in [6.45, 7) is 2.02. The highest BCUT2D eigenvalue weighted by Crippen LogP contribution is 2.25. The minimum atomic E-state index is 0.247. The Bertz CT molecular complexity index is 568. The van der Waals surface area contributed by atoms with E-state index in [0.29, 0.717) is 5.92 Å². The normalized spacial score (nSPS) is 22.3. The summed E-state index contributed by atoms with van der Waals surface area (Å²) in [7, 11) is 0. The predicted molar refractivity (Wildman–Crippen MR) is 89.9 cm³/mol. The standard InChI is InChI=1S/C18H21ClN2/c19-16-8-6-14(7-9-16)10-15-11-17(20)13-21(12-15)18-4-2-1-3-5-18/h1-9,15,17H,10-13,20H2. The van der Waals surface area contributed by atoms with E-state index in [2.05, 4.69) is 47.4 Å². The van der Waals surface area contributed by atoms with Gasteiger partial charge in [0.15, 0.2) is 0 Å². The monoisotopic (exact) mass is 300 g/mol. The van der Waals surface area contributed by atoms with Crippen LogP contribution in [-0.2, 0) is 6.42 Å². The number of benzene rings is 2. The number of halogens is 1. The molecule has 0 saturated carbocycles. The van der Waals surface area contributed by atoms with E-state index in [1.54, 1.807) is 0 Å². The van der Waals surface area contributed by atoms with Crippen LogP contribution in [-0.4, -0.2) is 19.1 Å². The van der Waals surface area contributed by atoms with Crippen LogP contribution < -0.4 is 10.6 Å². The molecule has 3 heteroatoms. The summed E-state index contributed by atoms with van der Waals surface area (Å²) in [6, 6.07) is 19.0. The number of hydrogen-bond donors (Lipinski definition) is 1. The fourth-order valence-electron chi connectivity index (χ4n) is 3.20. The van der Waals surface area contributed by atoms with Gasteiger partial charge in [0.05, 0.1) is 0 Å². The van der Waals surface area contributed by atoms with Crippen molar-refractivity contribution in [1.29, 1.82) is 0 Å². The molecule has 0 spiro atoms. The number of hydrogen-bond acceptors (Lipinski definition) is 2. The molecule has 1 saturated heterocycles. The topological polar surface area (TPSA) is 29.3 Å². The Morgan fingerprint density at radius 2 is 1.71 bits per heavy atom. The van der Waals surface area contributed by atoms with Gasteiger partial charge in [-0.3, -0.25) is 0 Å². The first-order chi connectivity index (χ1) is 10.2. The van der Waals surface area contributed by atoms with Crippen LogP contribution in [0.25, 0.3) is 0 Å². The van der Waals surface area contributed by atoms with Crippen LogP contribution in [0, 0.1) is 5.92 Å². The van der Waals surface area contributed by atoms with E-state index < -0.39 is 0 Å². The van der Waals surface area contributed by atoms with Gasteiger partial charge in [0.25, 0.3) is 0 Å². The Morgan fingerprint density at radius 3 is 2.43 bits per heavy atom. The molecule has 1 aliphatic heterocycles. The van der Waals surface area contributed by atoms with E-state index in [0.717, 1.165) is 31.0 Å². The van der Waals surface area contributed by atoms with Crippen LogP contribution in [0.4, 0.5) is 5.69 Å². The first-order valence-electron chi connectivity index (χ1n) is 7.51. The molecule has 0 amide bonds. The third kappa shape index (κ3) is 3.78. The maximum absolute atomic E-state index is 6.27. The third-order valence-corrected chi connectivity index (χ3v) is 4.38. The van der Waals surface area contributed by atoms with Gasteiger partial charge in [0.1, 0.15) is 0 Å². The Balaban J connectivity index is 1.70. The van der Waals surface area contributed by atoms with E-state index in [1.807, 2.05) is 12.1 Å². The predicted octanol–water partition coefficient (Wildman–Crippen LogP) is 3.74. The molecule has 2 aromatic carbocycles. The smallest absolute Gasteiger partial charge is 0.0406 e. The number of rotatable bonds is 3. The van der Waals surface area contributed by atoms with Gasteiger partial charge in [-0.25, -0.2) is 0 Å². The summed E-state index contributed by atoms with van der Waals surface area (Å²) in [4.78, 5) is 2.41. The molecule has 1 heterocycles. The number of nitrogens with two attached hydrogens (primary N) is 1. The zero-order valence-corrected chi connectivity index (χ0v) is 12.8. The molecule has 110 valence electrons. The lowest BCUT2D eigenvalue weighted by molar-refractivity contribution is 0.374. The lowest BCUT2D eigenvalue weighted by atomic mass is 9.89. The second-order valence-corrected chi connectivity index (χ2v) is 6.37. The molecule has 3 rings (SSSR count). The summed E-state index contributed by atoms with van der Waals surface area (Å²) < 4.78 is 0. The van der Waals surface area contributed by atoms with Crippen LogP contribution in [0.5, 0.6) is 0 Å². The molecule has 1 fully saturated rings. The lowest BCUT2D eigenvalue weighted by Gasteiger charge is -2.38. The molecule has 1 aliphatic rings. The Hall–Kier alpha value is -1.51. The Morgan fingerprint density at radius 1 is 1.00 bits per heavy atom. The molecule has 2 nitrogen and oxygen atoms in total. The van der Waals surface area contributed by atoms with Crippen LogP contribution in [0.15, 0.2) is 54.6 Å². The van der Waals surface area contributed by atoms with Crippen LogP contribution >= 0.6 is 11.6 Å². The summed E-state index contributed by atoms with van der Waals surface area (Å²) in [6.07, 6.45) is 2.15. The van der Waals surface area contributed by atoms with Crippen LogP contribution in [0.1, 0.15) is 12.0 Å². The maximum atomic E-state index is 6.27. The Labute approximate surface area is 131 Å². The molecule has 2 atom stereocenters. The quantitative estimate of drug-likeness (QED) is 0.936. The first-order valence-corrected chi connectivity index (χ1v) is 7.88. The lowest BCUT2D eigenvalue weighted by Crippen LogP contribution is -2.47. The van der Waals surface area contributed by atoms with E-state index >= 15 is 0 Å². The zero-order chi connectivity index (χ0) is 14.7. The average molecular weight is 301 g/mol. The van der Waals surface area contributed by atoms with Gasteiger partial charge in [-0.15, -0.1) is 0 Å². The van der Waals surface area contributed by atoms with Crippen LogP contribution in [0.2, 0.25) is 5.02 Å². The van der Waals surface area contributed by atoms with Gasteiger partial charge in [-0.1, -0.05) is 41.9 Å². The largest absolute Gasteiger partial charge is 0.370 e. The van der Waals surface area contributed by atoms with Crippen molar-refractivity contribution in [2.45, 2.75) is 18.9 Å². The van der Waals surface area contributed by atoms with Crippen molar-refractivity contribution < 1.29 is 0 Å². The molecule has 0 aliphatic carbocycles. The van der Waals surface area contributed by atoms with E-state index in [-0.39, 0.29) is 6.04 Å². The van der Waals surface area contributed by atoms with Crippen LogP contribution in [0.3, 0.4) is 0 Å². The highest BCUT2D eigenvalue weighted by atomic mass is 35.5. The number of para-hydroxylation sites is 1. The van der Waals surface area contributed by atoms with Crippen molar-refractivity contribution >= 4 is 17.3 Å². The second-order valence-electron chi connectivity index (χ2n) is 5.93. The fraction of sp³-hybridized carbons (Fsp3) is 0.333. The van der Waals surface area contributed by atoms with Crippen molar-refractivity contribution in [2.24, 2.45) is 11.7 Å². The van der Waals surface area contributed by atoms with Crippen molar-refractivity contribution in [2.75, 3.05) is 18.0 Å². The summed E-state index contributed by atoms with van der Waals surface area (Å²) >= 11 is 5.95. The van der Waals surface area contributed by atoms with Gasteiger partial charge in [-0.05, 0) is 48.6 Å². The van der Waals surface area contributed by atoms with Crippen molar-refractivity contribution in [3.63, 3.8) is 0 Å². The molecule has 21 heavy (non-hydrogen) atoms. The maximum Gasteiger partial charge on any atom is 0.0406 e. The molecule has 2 N–H and O–H groups in total. The summed E-state index contributed by atoms with van der Waals surface area (Å²) in [5.74, 6) is 0.593.